The summed E-state index contributed by atoms with van der Waals surface area (Å²) in [7, 11) is 0. The molecular weight excluding hydrogens is 268 g/mol. The van der Waals surface area contributed by atoms with Gasteiger partial charge in [-0.15, -0.1) is 0 Å². The van der Waals surface area contributed by atoms with E-state index in [9.17, 15) is 9.59 Å². The SMILES string of the molecule is CC(C)COC(=O)N1CCC(C(=O)N2CCCCC2)CC1. The van der Waals surface area contributed by atoms with Crippen molar-refractivity contribution in [2.45, 2.75) is 46.0 Å². The number of likely N-dealkylation sites (tertiary alicyclic amines) is 2. The molecule has 2 saturated heterocycles. The maximum atomic E-state index is 12.4. The minimum Gasteiger partial charge on any atom is -0.449 e. The quantitative estimate of drug-likeness (QED) is 0.804. The van der Waals surface area contributed by atoms with E-state index in [4.69, 9.17) is 4.74 Å². The first-order valence-corrected chi connectivity index (χ1v) is 8.28. The Hall–Kier alpha value is -1.26. The van der Waals surface area contributed by atoms with Gasteiger partial charge < -0.3 is 14.5 Å². The summed E-state index contributed by atoms with van der Waals surface area (Å²) in [5.74, 6) is 0.745. The fraction of sp³-hybridized carbons (Fsp3) is 0.875. The van der Waals surface area contributed by atoms with Crippen LogP contribution in [0, 0.1) is 11.8 Å². The van der Waals surface area contributed by atoms with Gasteiger partial charge >= 0.3 is 6.09 Å². The number of ether oxygens (including phenoxy) is 1. The van der Waals surface area contributed by atoms with Gasteiger partial charge in [-0.25, -0.2) is 4.79 Å². The molecule has 5 nitrogen and oxygen atoms in total. The summed E-state index contributed by atoms with van der Waals surface area (Å²) in [6, 6.07) is 0. The van der Waals surface area contributed by atoms with Crippen molar-refractivity contribution in [3.05, 3.63) is 0 Å². The van der Waals surface area contributed by atoms with Crippen molar-refractivity contribution < 1.29 is 14.3 Å². The van der Waals surface area contributed by atoms with E-state index in [1.54, 1.807) is 4.90 Å². The van der Waals surface area contributed by atoms with Gasteiger partial charge in [0, 0.05) is 32.1 Å². The predicted molar refractivity (Wildman–Crippen MR) is 80.9 cm³/mol. The molecule has 0 radical (unpaired) electrons. The lowest BCUT2D eigenvalue weighted by Gasteiger charge is -2.35. The lowest BCUT2D eigenvalue weighted by molar-refractivity contribution is -0.137. The van der Waals surface area contributed by atoms with Crippen molar-refractivity contribution in [1.29, 1.82) is 0 Å². The molecular formula is C16H28N2O3. The van der Waals surface area contributed by atoms with Crippen LogP contribution in [-0.4, -0.2) is 54.6 Å². The lowest BCUT2D eigenvalue weighted by atomic mass is 9.94. The molecule has 2 aliphatic rings. The molecule has 0 atom stereocenters. The number of rotatable bonds is 3. The highest BCUT2D eigenvalue weighted by molar-refractivity contribution is 5.79. The number of carbonyl (C=O) groups excluding carboxylic acids is 2. The molecule has 2 rings (SSSR count). The maximum absolute atomic E-state index is 12.4. The normalized spacial score (nSPS) is 20.7. The summed E-state index contributed by atoms with van der Waals surface area (Å²) in [5, 5.41) is 0. The van der Waals surface area contributed by atoms with E-state index in [1.165, 1.54) is 6.42 Å². The highest BCUT2D eigenvalue weighted by Gasteiger charge is 2.31. The highest BCUT2D eigenvalue weighted by atomic mass is 16.6. The highest BCUT2D eigenvalue weighted by Crippen LogP contribution is 2.22. The molecule has 0 N–H and O–H groups in total. The number of hydrogen-bond acceptors (Lipinski definition) is 3. The van der Waals surface area contributed by atoms with E-state index in [0.717, 1.165) is 38.8 Å². The van der Waals surface area contributed by atoms with Crippen molar-refractivity contribution in [3.63, 3.8) is 0 Å². The number of amides is 2. The number of piperidine rings is 2. The molecule has 0 unspecified atom stereocenters. The maximum Gasteiger partial charge on any atom is 0.409 e. The van der Waals surface area contributed by atoms with Crippen LogP contribution in [-0.2, 0) is 9.53 Å². The zero-order valence-electron chi connectivity index (χ0n) is 13.3. The van der Waals surface area contributed by atoms with Crippen LogP contribution >= 0.6 is 0 Å². The molecule has 0 bridgehead atoms. The van der Waals surface area contributed by atoms with Crippen molar-refractivity contribution in [2.24, 2.45) is 11.8 Å². The fourth-order valence-corrected chi connectivity index (χ4v) is 3.01. The van der Waals surface area contributed by atoms with Crippen molar-refractivity contribution in [3.8, 4) is 0 Å². The molecule has 2 heterocycles. The monoisotopic (exact) mass is 296 g/mol. The minimum absolute atomic E-state index is 0.0947. The molecule has 0 aromatic carbocycles. The average Bonchev–Trinajstić information content (AvgIpc) is 2.53. The van der Waals surface area contributed by atoms with E-state index in [0.29, 0.717) is 31.5 Å². The molecule has 0 saturated carbocycles. The first kappa shape index (κ1) is 16.1. The Balaban J connectivity index is 1.74. The summed E-state index contributed by atoms with van der Waals surface area (Å²) in [6.07, 6.45) is 4.81. The van der Waals surface area contributed by atoms with Gasteiger partial charge in [0.25, 0.3) is 0 Å². The molecule has 0 spiro atoms. The van der Waals surface area contributed by atoms with Gasteiger partial charge in [-0.05, 0) is 38.0 Å². The summed E-state index contributed by atoms with van der Waals surface area (Å²) < 4.78 is 5.25. The van der Waals surface area contributed by atoms with Crippen LogP contribution in [0.3, 0.4) is 0 Å². The summed E-state index contributed by atoms with van der Waals surface area (Å²) in [4.78, 5) is 28.1. The fourth-order valence-electron chi connectivity index (χ4n) is 3.01. The van der Waals surface area contributed by atoms with Gasteiger partial charge in [0.15, 0.2) is 0 Å². The molecule has 2 aliphatic heterocycles. The zero-order chi connectivity index (χ0) is 15.2. The smallest absolute Gasteiger partial charge is 0.409 e. The van der Waals surface area contributed by atoms with Crippen molar-refractivity contribution >= 4 is 12.0 Å². The molecule has 0 aliphatic carbocycles. The molecule has 21 heavy (non-hydrogen) atoms. The topological polar surface area (TPSA) is 49.9 Å². The lowest BCUT2D eigenvalue weighted by Crippen LogP contribution is -2.46. The molecule has 0 aromatic rings. The van der Waals surface area contributed by atoms with E-state index >= 15 is 0 Å². The van der Waals surface area contributed by atoms with E-state index in [1.807, 2.05) is 18.7 Å². The van der Waals surface area contributed by atoms with Gasteiger partial charge in [-0.3, -0.25) is 4.79 Å². The Kier molecular flexibility index (Phi) is 5.88. The van der Waals surface area contributed by atoms with Crippen molar-refractivity contribution in [1.82, 2.24) is 9.80 Å². The number of hydrogen-bond donors (Lipinski definition) is 0. The Morgan fingerprint density at radius 3 is 2.19 bits per heavy atom. The summed E-state index contributed by atoms with van der Waals surface area (Å²) in [6.45, 7) is 7.62. The Bertz CT molecular complexity index is 357. The van der Waals surface area contributed by atoms with Crippen LogP contribution in [0.1, 0.15) is 46.0 Å². The van der Waals surface area contributed by atoms with Crippen LogP contribution in [0.25, 0.3) is 0 Å². The molecule has 2 amide bonds. The average molecular weight is 296 g/mol. The summed E-state index contributed by atoms with van der Waals surface area (Å²) >= 11 is 0. The standard InChI is InChI=1S/C16H28N2O3/c1-13(2)12-21-16(20)18-10-6-14(7-11-18)15(19)17-8-4-3-5-9-17/h13-14H,3-12H2,1-2H3. The second-order valence-electron chi connectivity index (χ2n) is 6.62. The van der Waals surface area contributed by atoms with Gasteiger partial charge in [0.1, 0.15) is 0 Å². The third-order valence-corrected chi connectivity index (χ3v) is 4.31. The summed E-state index contributed by atoms with van der Waals surface area (Å²) in [5.41, 5.74) is 0. The van der Waals surface area contributed by atoms with E-state index in [-0.39, 0.29) is 12.0 Å². The van der Waals surface area contributed by atoms with Crippen LogP contribution in [0.15, 0.2) is 0 Å². The van der Waals surface area contributed by atoms with Gasteiger partial charge in [-0.1, -0.05) is 13.8 Å². The first-order chi connectivity index (χ1) is 10.1. The second kappa shape index (κ2) is 7.66. The van der Waals surface area contributed by atoms with Crippen LogP contribution < -0.4 is 0 Å². The van der Waals surface area contributed by atoms with Crippen LogP contribution in [0.2, 0.25) is 0 Å². The Morgan fingerprint density at radius 2 is 1.62 bits per heavy atom. The molecule has 5 heteroatoms. The largest absolute Gasteiger partial charge is 0.449 e. The first-order valence-electron chi connectivity index (χ1n) is 8.28. The zero-order valence-corrected chi connectivity index (χ0v) is 13.3. The molecule has 2 fully saturated rings. The number of nitrogens with zero attached hydrogens (tertiary/aromatic N) is 2. The Labute approximate surface area is 127 Å². The second-order valence-corrected chi connectivity index (χ2v) is 6.62. The van der Waals surface area contributed by atoms with Gasteiger partial charge in [0.05, 0.1) is 6.61 Å². The third kappa shape index (κ3) is 4.61. The van der Waals surface area contributed by atoms with Crippen LogP contribution in [0.5, 0.6) is 0 Å². The van der Waals surface area contributed by atoms with Crippen LogP contribution in [0.4, 0.5) is 4.79 Å². The molecule has 120 valence electrons. The third-order valence-electron chi connectivity index (χ3n) is 4.31. The Morgan fingerprint density at radius 1 is 1.00 bits per heavy atom. The number of carbonyl (C=O) groups is 2. The van der Waals surface area contributed by atoms with Crippen molar-refractivity contribution in [2.75, 3.05) is 32.8 Å². The van der Waals surface area contributed by atoms with Gasteiger partial charge in [-0.2, -0.15) is 0 Å². The minimum atomic E-state index is -0.229. The van der Waals surface area contributed by atoms with E-state index < -0.39 is 0 Å². The van der Waals surface area contributed by atoms with E-state index in [2.05, 4.69) is 0 Å². The molecule has 0 aromatic heterocycles. The van der Waals surface area contributed by atoms with Gasteiger partial charge in [0.2, 0.25) is 5.91 Å². The predicted octanol–water partition coefficient (Wildman–Crippen LogP) is 2.50.